The van der Waals surface area contributed by atoms with Crippen LogP contribution in [0.2, 0.25) is 5.02 Å². The van der Waals surface area contributed by atoms with Gasteiger partial charge in [-0.1, -0.05) is 23.7 Å². The standard InChI is InChI=1S/C20H18ClFN4O/c21-17-4-2-1-3-16(17)20(27)23-15-9-10-26(12-15)19-11-18(24-25-19)13-5-7-14(22)8-6-13/h1-8,11,15H,9-10,12H2,(H,23,27)(H,24,25)/t15-/m1/s1. The van der Waals surface area contributed by atoms with E-state index in [1.54, 1.807) is 36.4 Å². The second-order valence-corrected chi connectivity index (χ2v) is 6.94. The Morgan fingerprint density at radius 1 is 1.22 bits per heavy atom. The van der Waals surface area contributed by atoms with Crippen molar-refractivity contribution in [2.24, 2.45) is 0 Å². The number of carbonyl (C=O) groups excluding carboxylic acids is 1. The van der Waals surface area contributed by atoms with Crippen LogP contribution < -0.4 is 10.2 Å². The molecule has 4 rings (SSSR count). The molecule has 1 amide bonds. The Morgan fingerprint density at radius 3 is 2.78 bits per heavy atom. The highest BCUT2D eigenvalue weighted by Crippen LogP contribution is 2.25. The Bertz CT molecular complexity index is 957. The molecule has 0 unspecified atom stereocenters. The fourth-order valence-electron chi connectivity index (χ4n) is 3.25. The summed E-state index contributed by atoms with van der Waals surface area (Å²) in [5, 5.41) is 10.8. The van der Waals surface area contributed by atoms with Gasteiger partial charge in [0.05, 0.1) is 16.3 Å². The molecule has 1 fully saturated rings. The maximum Gasteiger partial charge on any atom is 0.253 e. The summed E-state index contributed by atoms with van der Waals surface area (Å²) in [5.41, 5.74) is 2.18. The molecule has 27 heavy (non-hydrogen) atoms. The van der Waals surface area contributed by atoms with Crippen LogP contribution in [0.25, 0.3) is 11.3 Å². The molecule has 1 aromatic heterocycles. The van der Waals surface area contributed by atoms with Crippen LogP contribution >= 0.6 is 11.6 Å². The summed E-state index contributed by atoms with van der Waals surface area (Å²) < 4.78 is 13.1. The second kappa shape index (κ2) is 7.40. The lowest BCUT2D eigenvalue weighted by Gasteiger charge is -2.16. The average Bonchev–Trinajstić information content (AvgIpc) is 3.32. The van der Waals surface area contributed by atoms with Crippen LogP contribution in [-0.4, -0.2) is 35.2 Å². The van der Waals surface area contributed by atoms with E-state index in [0.717, 1.165) is 30.0 Å². The van der Waals surface area contributed by atoms with Crippen LogP contribution in [0.15, 0.2) is 54.6 Å². The van der Waals surface area contributed by atoms with Crippen LogP contribution in [0.1, 0.15) is 16.8 Å². The molecular formula is C20H18ClFN4O. The van der Waals surface area contributed by atoms with Gasteiger partial charge in [-0.25, -0.2) is 4.39 Å². The van der Waals surface area contributed by atoms with Crippen molar-refractivity contribution in [3.05, 3.63) is 71.0 Å². The van der Waals surface area contributed by atoms with Crippen molar-refractivity contribution < 1.29 is 9.18 Å². The van der Waals surface area contributed by atoms with Gasteiger partial charge in [-0.2, -0.15) is 5.10 Å². The molecule has 2 heterocycles. The highest BCUT2D eigenvalue weighted by molar-refractivity contribution is 6.33. The van der Waals surface area contributed by atoms with Crippen molar-refractivity contribution in [3.63, 3.8) is 0 Å². The number of amides is 1. The normalized spacial score (nSPS) is 16.5. The molecule has 1 aliphatic heterocycles. The molecule has 3 aromatic rings. The summed E-state index contributed by atoms with van der Waals surface area (Å²) in [5.74, 6) is 0.375. The summed E-state index contributed by atoms with van der Waals surface area (Å²) in [4.78, 5) is 14.5. The van der Waals surface area contributed by atoms with Crippen LogP contribution in [0.4, 0.5) is 10.2 Å². The molecule has 1 saturated heterocycles. The maximum absolute atomic E-state index is 13.1. The molecule has 0 radical (unpaired) electrons. The first-order chi connectivity index (χ1) is 13.1. The van der Waals surface area contributed by atoms with Gasteiger partial charge >= 0.3 is 0 Å². The van der Waals surface area contributed by atoms with Gasteiger partial charge in [0.25, 0.3) is 5.91 Å². The third-order valence-corrected chi connectivity index (χ3v) is 5.02. The van der Waals surface area contributed by atoms with Gasteiger partial charge in [-0.15, -0.1) is 0 Å². The minimum absolute atomic E-state index is 0.0275. The van der Waals surface area contributed by atoms with Crippen molar-refractivity contribution in [1.82, 2.24) is 15.5 Å². The molecule has 0 aliphatic carbocycles. The molecule has 0 saturated carbocycles. The summed E-state index contributed by atoms with van der Waals surface area (Å²) in [6.07, 6.45) is 0.828. The molecule has 1 aliphatic rings. The molecular weight excluding hydrogens is 367 g/mol. The quantitative estimate of drug-likeness (QED) is 0.717. The van der Waals surface area contributed by atoms with Gasteiger partial charge in [0.1, 0.15) is 5.82 Å². The van der Waals surface area contributed by atoms with Crippen molar-refractivity contribution in [1.29, 1.82) is 0 Å². The fraction of sp³-hybridized carbons (Fsp3) is 0.200. The molecule has 5 nitrogen and oxygen atoms in total. The molecule has 7 heteroatoms. The Hall–Kier alpha value is -2.86. The lowest BCUT2D eigenvalue weighted by Crippen LogP contribution is -2.37. The van der Waals surface area contributed by atoms with E-state index in [1.165, 1.54) is 12.1 Å². The van der Waals surface area contributed by atoms with Crippen LogP contribution in [0.5, 0.6) is 0 Å². The fourth-order valence-corrected chi connectivity index (χ4v) is 3.47. The summed E-state index contributed by atoms with van der Waals surface area (Å²) in [6.45, 7) is 1.46. The van der Waals surface area contributed by atoms with Gasteiger partial charge in [-0.05, 0) is 48.4 Å². The zero-order valence-corrected chi connectivity index (χ0v) is 15.2. The van der Waals surface area contributed by atoms with E-state index in [2.05, 4.69) is 20.4 Å². The largest absolute Gasteiger partial charge is 0.353 e. The predicted octanol–water partition coefficient (Wildman–Crippen LogP) is 3.88. The highest BCUT2D eigenvalue weighted by Gasteiger charge is 2.26. The summed E-state index contributed by atoms with van der Waals surface area (Å²) >= 11 is 6.09. The monoisotopic (exact) mass is 384 g/mol. The van der Waals surface area contributed by atoms with Crippen LogP contribution in [0, 0.1) is 5.82 Å². The predicted molar refractivity (Wildman–Crippen MR) is 104 cm³/mol. The molecule has 2 aromatic carbocycles. The number of benzene rings is 2. The van der Waals surface area contributed by atoms with Crippen molar-refractivity contribution >= 4 is 23.3 Å². The topological polar surface area (TPSA) is 61.0 Å². The third-order valence-electron chi connectivity index (χ3n) is 4.69. The van der Waals surface area contributed by atoms with E-state index in [9.17, 15) is 9.18 Å². The van der Waals surface area contributed by atoms with E-state index in [4.69, 9.17) is 11.6 Å². The summed E-state index contributed by atoms with van der Waals surface area (Å²) in [6, 6.07) is 15.2. The van der Waals surface area contributed by atoms with Gasteiger partial charge < -0.3 is 10.2 Å². The van der Waals surface area contributed by atoms with Gasteiger partial charge in [0.15, 0.2) is 5.82 Å². The number of aromatic amines is 1. The number of anilines is 1. The average molecular weight is 385 g/mol. The number of hydrogen-bond donors (Lipinski definition) is 2. The lowest BCUT2D eigenvalue weighted by molar-refractivity contribution is 0.0940. The zero-order valence-electron chi connectivity index (χ0n) is 14.5. The van der Waals surface area contributed by atoms with Crippen molar-refractivity contribution in [3.8, 4) is 11.3 Å². The number of halogens is 2. The Balaban J connectivity index is 1.40. The minimum atomic E-state index is -0.268. The first-order valence-electron chi connectivity index (χ1n) is 8.72. The molecule has 0 bridgehead atoms. The third kappa shape index (κ3) is 3.80. The van der Waals surface area contributed by atoms with E-state index in [-0.39, 0.29) is 17.8 Å². The van der Waals surface area contributed by atoms with Gasteiger partial charge in [0.2, 0.25) is 0 Å². The minimum Gasteiger partial charge on any atom is -0.353 e. The maximum atomic E-state index is 13.1. The number of nitrogens with one attached hydrogen (secondary N) is 2. The number of H-pyrrole nitrogens is 1. The number of nitrogens with zero attached hydrogens (tertiary/aromatic N) is 2. The molecule has 1 atom stereocenters. The van der Waals surface area contributed by atoms with Crippen molar-refractivity contribution in [2.75, 3.05) is 18.0 Å². The smallest absolute Gasteiger partial charge is 0.253 e. The first-order valence-corrected chi connectivity index (χ1v) is 9.09. The zero-order chi connectivity index (χ0) is 18.8. The van der Waals surface area contributed by atoms with Crippen LogP contribution in [0.3, 0.4) is 0 Å². The first kappa shape index (κ1) is 17.5. The summed E-state index contributed by atoms with van der Waals surface area (Å²) in [7, 11) is 0. The second-order valence-electron chi connectivity index (χ2n) is 6.53. The van der Waals surface area contributed by atoms with Crippen LogP contribution in [-0.2, 0) is 0 Å². The van der Waals surface area contributed by atoms with E-state index in [1.807, 2.05) is 6.07 Å². The van der Waals surface area contributed by atoms with E-state index in [0.29, 0.717) is 17.1 Å². The number of hydrogen-bond acceptors (Lipinski definition) is 3. The Morgan fingerprint density at radius 2 is 2.00 bits per heavy atom. The number of rotatable bonds is 4. The number of carbonyl (C=O) groups is 1. The van der Waals surface area contributed by atoms with Crippen molar-refractivity contribution in [2.45, 2.75) is 12.5 Å². The van der Waals surface area contributed by atoms with E-state index < -0.39 is 0 Å². The molecule has 2 N–H and O–H groups in total. The Labute approximate surface area is 161 Å². The molecule has 138 valence electrons. The van der Waals surface area contributed by atoms with Gasteiger partial charge in [-0.3, -0.25) is 9.89 Å². The number of aromatic nitrogens is 2. The van der Waals surface area contributed by atoms with Gasteiger partial charge in [0, 0.05) is 25.2 Å². The molecule has 0 spiro atoms. The SMILES string of the molecule is O=C(N[C@@H]1CCN(c2cc(-c3ccc(F)cc3)[nH]n2)C1)c1ccccc1Cl. The van der Waals surface area contributed by atoms with E-state index >= 15 is 0 Å². The highest BCUT2D eigenvalue weighted by atomic mass is 35.5. The Kier molecular flexibility index (Phi) is 4.81. The lowest BCUT2D eigenvalue weighted by atomic mass is 10.1.